The second-order valence-corrected chi connectivity index (χ2v) is 8.34. The van der Waals surface area contributed by atoms with Crippen molar-refractivity contribution in [2.24, 2.45) is 0 Å². The fraction of sp³-hybridized carbons (Fsp3) is 0.0345. The molecule has 1 amide bonds. The molecule has 1 heterocycles. The van der Waals surface area contributed by atoms with Crippen molar-refractivity contribution in [3.63, 3.8) is 0 Å². The van der Waals surface area contributed by atoms with Crippen LogP contribution in [0.1, 0.15) is 10.4 Å². The molecule has 1 N–H and O–H groups in total. The number of non-ortho nitro benzene ring substituents is 1. The quantitative estimate of drug-likeness (QED) is 0.209. The molecule has 0 aliphatic carbocycles. The Hall–Kier alpha value is -5.24. The molecule has 8 heteroatoms. The van der Waals surface area contributed by atoms with Gasteiger partial charge in [0.25, 0.3) is 11.6 Å². The summed E-state index contributed by atoms with van der Waals surface area (Å²) < 4.78 is 1.87. The van der Waals surface area contributed by atoms with Crippen LogP contribution in [0.5, 0.6) is 0 Å². The maximum Gasteiger partial charge on any atom is 0.269 e. The summed E-state index contributed by atoms with van der Waals surface area (Å²) in [6.07, 6.45) is 0. The number of hydrogen-bond donors (Lipinski definition) is 1. The Labute approximate surface area is 213 Å². The number of nitrogens with one attached hydrogen (secondary N) is 1. The molecular formula is C29H23N5O3. The first-order valence-electron chi connectivity index (χ1n) is 11.6. The van der Waals surface area contributed by atoms with E-state index in [0.717, 1.165) is 28.5 Å². The van der Waals surface area contributed by atoms with Gasteiger partial charge in [-0.15, -0.1) is 0 Å². The first-order chi connectivity index (χ1) is 18.0. The Morgan fingerprint density at radius 3 is 2.16 bits per heavy atom. The molecule has 0 aliphatic heterocycles. The van der Waals surface area contributed by atoms with Gasteiger partial charge < -0.3 is 10.2 Å². The van der Waals surface area contributed by atoms with Crippen LogP contribution in [0, 0.1) is 10.1 Å². The van der Waals surface area contributed by atoms with E-state index in [0.29, 0.717) is 11.3 Å². The summed E-state index contributed by atoms with van der Waals surface area (Å²) in [4.78, 5) is 25.4. The van der Waals surface area contributed by atoms with Crippen LogP contribution in [-0.2, 0) is 0 Å². The number of amides is 1. The van der Waals surface area contributed by atoms with Gasteiger partial charge in [-0.25, -0.2) is 4.68 Å². The largest absolute Gasteiger partial charge is 0.328 e. The molecule has 0 fully saturated rings. The molecule has 1 aromatic heterocycles. The number of nitrogens with zero attached hydrogens (tertiary/aromatic N) is 4. The highest BCUT2D eigenvalue weighted by Gasteiger charge is 2.19. The van der Waals surface area contributed by atoms with Gasteiger partial charge in [0, 0.05) is 36.4 Å². The molecule has 4 aromatic carbocycles. The standard InChI is InChI=1S/C29H23N5O3/c1-32(27-15-9-8-14-25(27)30-29(35)22-16-18-24(19-17-22)34(36)37)28-20-26(21-10-4-2-5-11-21)31-33(28)23-12-6-3-7-13-23/h2-20H,1H3,(H,30,35). The van der Waals surface area contributed by atoms with E-state index in [9.17, 15) is 14.9 Å². The van der Waals surface area contributed by atoms with Crippen molar-refractivity contribution in [1.82, 2.24) is 9.78 Å². The third-order valence-corrected chi connectivity index (χ3v) is 5.96. The van der Waals surface area contributed by atoms with Crippen molar-refractivity contribution in [2.45, 2.75) is 0 Å². The van der Waals surface area contributed by atoms with Crippen molar-refractivity contribution >= 4 is 28.8 Å². The fourth-order valence-corrected chi connectivity index (χ4v) is 4.04. The van der Waals surface area contributed by atoms with Crippen LogP contribution < -0.4 is 10.2 Å². The van der Waals surface area contributed by atoms with Gasteiger partial charge in [0.2, 0.25) is 0 Å². The number of aromatic nitrogens is 2. The zero-order valence-electron chi connectivity index (χ0n) is 20.0. The summed E-state index contributed by atoms with van der Waals surface area (Å²) in [6.45, 7) is 0. The van der Waals surface area contributed by atoms with Crippen LogP contribution in [0.4, 0.5) is 22.9 Å². The maximum absolute atomic E-state index is 13.0. The minimum atomic E-state index is -0.495. The summed E-state index contributed by atoms with van der Waals surface area (Å²) in [6, 6.07) is 34.8. The first kappa shape index (κ1) is 23.5. The van der Waals surface area contributed by atoms with E-state index in [-0.39, 0.29) is 11.6 Å². The number of hydrogen-bond acceptors (Lipinski definition) is 5. The lowest BCUT2D eigenvalue weighted by molar-refractivity contribution is -0.384. The van der Waals surface area contributed by atoms with Gasteiger partial charge in [0.05, 0.1) is 27.7 Å². The highest BCUT2D eigenvalue weighted by atomic mass is 16.6. The highest BCUT2D eigenvalue weighted by molar-refractivity contribution is 6.06. The predicted octanol–water partition coefficient (Wildman–Crippen LogP) is 6.47. The fourth-order valence-electron chi connectivity index (χ4n) is 4.04. The average molecular weight is 490 g/mol. The van der Waals surface area contributed by atoms with Crippen molar-refractivity contribution in [3.8, 4) is 16.9 Å². The van der Waals surface area contributed by atoms with Gasteiger partial charge >= 0.3 is 0 Å². The number of carbonyl (C=O) groups is 1. The number of para-hydroxylation sites is 3. The summed E-state index contributed by atoms with van der Waals surface area (Å²) in [5.41, 5.74) is 4.32. The molecule has 182 valence electrons. The van der Waals surface area contributed by atoms with Crippen molar-refractivity contribution in [2.75, 3.05) is 17.3 Å². The number of anilines is 3. The minimum absolute atomic E-state index is 0.0694. The Kier molecular flexibility index (Phi) is 6.46. The zero-order chi connectivity index (χ0) is 25.8. The van der Waals surface area contributed by atoms with Crippen LogP contribution >= 0.6 is 0 Å². The van der Waals surface area contributed by atoms with E-state index < -0.39 is 4.92 Å². The summed E-state index contributed by atoms with van der Waals surface area (Å²) >= 11 is 0. The van der Waals surface area contributed by atoms with E-state index in [2.05, 4.69) is 5.32 Å². The van der Waals surface area contributed by atoms with Crippen LogP contribution in [0.3, 0.4) is 0 Å². The van der Waals surface area contributed by atoms with Crippen LogP contribution in [-0.4, -0.2) is 27.7 Å². The minimum Gasteiger partial charge on any atom is -0.328 e. The molecule has 5 rings (SSSR count). The Bertz CT molecular complexity index is 1550. The molecule has 0 unspecified atom stereocenters. The first-order valence-corrected chi connectivity index (χ1v) is 11.6. The second kappa shape index (κ2) is 10.2. The Morgan fingerprint density at radius 1 is 0.865 bits per heavy atom. The van der Waals surface area contributed by atoms with Crippen molar-refractivity contribution < 1.29 is 9.72 Å². The number of rotatable bonds is 7. The normalized spacial score (nSPS) is 10.6. The van der Waals surface area contributed by atoms with Crippen LogP contribution in [0.15, 0.2) is 115 Å². The predicted molar refractivity (Wildman–Crippen MR) is 145 cm³/mol. The van der Waals surface area contributed by atoms with Gasteiger partial charge in [-0.1, -0.05) is 60.7 Å². The number of nitro groups is 1. The molecule has 0 saturated carbocycles. The molecule has 0 bridgehead atoms. The SMILES string of the molecule is CN(c1ccccc1NC(=O)c1ccc([N+](=O)[O-])cc1)c1cc(-c2ccccc2)nn1-c1ccccc1. The number of carbonyl (C=O) groups excluding carboxylic acids is 1. The number of benzene rings is 4. The zero-order valence-corrected chi connectivity index (χ0v) is 20.0. The van der Waals surface area contributed by atoms with Gasteiger partial charge in [0.15, 0.2) is 0 Å². The van der Waals surface area contributed by atoms with Gasteiger partial charge in [-0.2, -0.15) is 5.10 Å². The topological polar surface area (TPSA) is 93.3 Å². The summed E-state index contributed by atoms with van der Waals surface area (Å²) in [5, 5.41) is 18.8. The molecular weight excluding hydrogens is 466 g/mol. The lowest BCUT2D eigenvalue weighted by Gasteiger charge is -2.23. The molecule has 0 radical (unpaired) electrons. The lowest BCUT2D eigenvalue weighted by atomic mass is 10.1. The Morgan fingerprint density at radius 2 is 1.49 bits per heavy atom. The average Bonchev–Trinajstić information content (AvgIpc) is 3.40. The van der Waals surface area contributed by atoms with E-state index in [4.69, 9.17) is 5.10 Å². The van der Waals surface area contributed by atoms with Gasteiger partial charge in [-0.05, 0) is 36.4 Å². The Balaban J connectivity index is 1.51. The third-order valence-electron chi connectivity index (χ3n) is 5.96. The molecule has 0 atom stereocenters. The van der Waals surface area contributed by atoms with Crippen LogP contribution in [0.25, 0.3) is 16.9 Å². The lowest BCUT2D eigenvalue weighted by Crippen LogP contribution is -2.18. The number of nitro benzene ring substituents is 1. The molecule has 0 spiro atoms. The highest BCUT2D eigenvalue weighted by Crippen LogP contribution is 2.34. The molecule has 0 saturated heterocycles. The molecule has 0 aliphatic rings. The van der Waals surface area contributed by atoms with E-state index >= 15 is 0 Å². The van der Waals surface area contributed by atoms with E-state index in [1.54, 1.807) is 0 Å². The summed E-state index contributed by atoms with van der Waals surface area (Å²) in [7, 11) is 1.92. The monoisotopic (exact) mass is 489 g/mol. The molecule has 8 nitrogen and oxygen atoms in total. The second-order valence-electron chi connectivity index (χ2n) is 8.34. The van der Waals surface area contributed by atoms with E-state index in [1.165, 1.54) is 24.3 Å². The maximum atomic E-state index is 13.0. The molecule has 37 heavy (non-hydrogen) atoms. The van der Waals surface area contributed by atoms with Gasteiger partial charge in [0.1, 0.15) is 5.82 Å². The van der Waals surface area contributed by atoms with Crippen molar-refractivity contribution in [1.29, 1.82) is 0 Å². The van der Waals surface area contributed by atoms with E-state index in [1.807, 2.05) is 108 Å². The molecule has 5 aromatic rings. The summed E-state index contributed by atoms with van der Waals surface area (Å²) in [5.74, 6) is 0.444. The van der Waals surface area contributed by atoms with Gasteiger partial charge in [-0.3, -0.25) is 14.9 Å². The third kappa shape index (κ3) is 4.94. The van der Waals surface area contributed by atoms with Crippen molar-refractivity contribution in [3.05, 3.63) is 131 Å². The smallest absolute Gasteiger partial charge is 0.269 e. The van der Waals surface area contributed by atoms with Crippen LogP contribution in [0.2, 0.25) is 0 Å².